The lowest BCUT2D eigenvalue weighted by atomic mass is 10.0. The summed E-state index contributed by atoms with van der Waals surface area (Å²) in [6.45, 7) is 14.2. The lowest BCUT2D eigenvalue weighted by Gasteiger charge is -2.19. The van der Waals surface area contributed by atoms with Gasteiger partial charge in [-0.15, -0.1) is 0 Å². The monoisotopic (exact) mass is 245 g/mol. The molecule has 1 heteroatoms. The van der Waals surface area contributed by atoms with Gasteiger partial charge in [-0.2, -0.15) is 0 Å². The Morgan fingerprint density at radius 2 is 1.61 bits per heavy atom. The highest BCUT2D eigenvalue weighted by Gasteiger charge is 2.06. The molecule has 0 aliphatic carbocycles. The van der Waals surface area contributed by atoms with E-state index in [1.54, 1.807) is 0 Å². The summed E-state index contributed by atoms with van der Waals surface area (Å²) in [6, 6.07) is 4.54. The number of aryl methyl sites for hydroxylation is 3. The molecule has 0 aliphatic rings. The molecule has 0 unspecified atom stereocenters. The van der Waals surface area contributed by atoms with Crippen molar-refractivity contribution in [3.63, 3.8) is 0 Å². The Labute approximate surface area is 112 Å². The lowest BCUT2D eigenvalue weighted by Crippen LogP contribution is -2.36. The van der Waals surface area contributed by atoms with E-state index in [0.717, 1.165) is 13.0 Å². The lowest BCUT2D eigenvalue weighted by molar-refractivity contribution is 0.431. The molecule has 0 spiro atoms. The summed E-state index contributed by atoms with van der Waals surface area (Å²) >= 11 is 0. The minimum Gasteiger partial charge on any atom is -0.312 e. The molecule has 0 aromatic heterocycles. The molecule has 0 radical (unpaired) electrons. The third kappa shape index (κ3) is 5.05. The summed E-state index contributed by atoms with van der Waals surface area (Å²) in [5, 5.41) is 3.49. The molecule has 0 atom stereocenters. The minimum absolute atomic E-state index is 0.213. The number of benzene rings is 1. The zero-order chi connectivity index (χ0) is 13.8. The molecule has 1 rings (SSSR count). The highest BCUT2D eigenvalue weighted by atomic mass is 14.9. The molecule has 0 saturated carbocycles. The molecule has 0 aliphatic heterocycles. The van der Waals surface area contributed by atoms with E-state index in [9.17, 15) is 0 Å². The van der Waals surface area contributed by atoms with Crippen molar-refractivity contribution in [2.45, 2.75) is 53.5 Å². The third-order valence-electron chi connectivity index (χ3n) is 3.15. The average molecular weight is 245 g/mol. The van der Waals surface area contributed by atoms with Gasteiger partial charge in [0.25, 0.3) is 0 Å². The van der Waals surface area contributed by atoms with Gasteiger partial charge in [-0.25, -0.2) is 0 Å². The van der Waals surface area contributed by atoms with Gasteiger partial charge in [-0.05, 0) is 76.8 Å². The first-order valence-electron chi connectivity index (χ1n) is 6.79. The van der Waals surface area contributed by atoms with Crippen LogP contribution in [-0.4, -0.2) is 12.1 Å². The van der Waals surface area contributed by atoms with Crippen LogP contribution >= 0.6 is 0 Å². The Morgan fingerprint density at radius 1 is 1.00 bits per heavy atom. The van der Waals surface area contributed by atoms with Crippen molar-refractivity contribution in [1.29, 1.82) is 0 Å². The van der Waals surface area contributed by atoms with Gasteiger partial charge >= 0.3 is 0 Å². The fraction of sp³-hybridized carbons (Fsp3) is 0.529. The number of hydrogen-bond donors (Lipinski definition) is 1. The fourth-order valence-corrected chi connectivity index (χ4v) is 1.90. The molecular formula is C17H27N. The molecule has 0 saturated heterocycles. The van der Waals surface area contributed by atoms with Crippen LogP contribution in [0.3, 0.4) is 0 Å². The normalized spacial score (nSPS) is 12.3. The molecule has 1 aromatic rings. The van der Waals surface area contributed by atoms with Crippen molar-refractivity contribution in [2.24, 2.45) is 0 Å². The summed E-state index contributed by atoms with van der Waals surface area (Å²) in [7, 11) is 0. The van der Waals surface area contributed by atoms with E-state index >= 15 is 0 Å². The second-order valence-electron chi connectivity index (χ2n) is 6.16. The smallest absolute Gasteiger partial charge is 0.00966 e. The van der Waals surface area contributed by atoms with Crippen LogP contribution in [0.15, 0.2) is 18.2 Å². The van der Waals surface area contributed by atoms with Gasteiger partial charge < -0.3 is 5.32 Å². The maximum Gasteiger partial charge on any atom is 0.00966 e. The van der Waals surface area contributed by atoms with Crippen molar-refractivity contribution in [1.82, 2.24) is 5.32 Å². The molecular weight excluding hydrogens is 218 g/mol. The molecule has 100 valence electrons. The van der Waals surface area contributed by atoms with E-state index in [1.165, 1.54) is 22.3 Å². The highest BCUT2D eigenvalue weighted by molar-refractivity contribution is 5.56. The topological polar surface area (TPSA) is 12.0 Å². The van der Waals surface area contributed by atoms with Crippen molar-refractivity contribution >= 4 is 6.08 Å². The largest absolute Gasteiger partial charge is 0.312 e. The van der Waals surface area contributed by atoms with Gasteiger partial charge in [0, 0.05) is 5.54 Å². The predicted molar refractivity (Wildman–Crippen MR) is 82.1 cm³/mol. The molecule has 1 aromatic carbocycles. The first-order chi connectivity index (χ1) is 8.29. The van der Waals surface area contributed by atoms with E-state index in [1.807, 2.05) is 0 Å². The maximum absolute atomic E-state index is 3.49. The second-order valence-corrected chi connectivity index (χ2v) is 6.16. The summed E-state index contributed by atoms with van der Waals surface area (Å²) < 4.78 is 0. The SMILES string of the molecule is Cc1cc(C)c(C=CCCNC(C)(C)C)cc1C. The van der Waals surface area contributed by atoms with Crippen molar-refractivity contribution in [3.8, 4) is 0 Å². The van der Waals surface area contributed by atoms with Crippen LogP contribution in [0.4, 0.5) is 0 Å². The van der Waals surface area contributed by atoms with Gasteiger partial charge in [0.05, 0.1) is 0 Å². The Hall–Kier alpha value is -1.08. The zero-order valence-electron chi connectivity index (χ0n) is 12.7. The van der Waals surface area contributed by atoms with Gasteiger partial charge in [0.15, 0.2) is 0 Å². The van der Waals surface area contributed by atoms with Crippen molar-refractivity contribution < 1.29 is 0 Å². The summed E-state index contributed by atoms with van der Waals surface area (Å²) in [5.74, 6) is 0. The van der Waals surface area contributed by atoms with Gasteiger partial charge in [-0.3, -0.25) is 0 Å². The van der Waals surface area contributed by atoms with Crippen LogP contribution in [0, 0.1) is 20.8 Å². The van der Waals surface area contributed by atoms with E-state index in [-0.39, 0.29) is 5.54 Å². The predicted octanol–water partition coefficient (Wildman–Crippen LogP) is 4.40. The average Bonchev–Trinajstić information content (AvgIpc) is 2.23. The first-order valence-corrected chi connectivity index (χ1v) is 6.79. The van der Waals surface area contributed by atoms with E-state index in [2.05, 4.69) is 71.1 Å². The quantitative estimate of drug-likeness (QED) is 0.775. The molecule has 18 heavy (non-hydrogen) atoms. The second kappa shape index (κ2) is 6.19. The van der Waals surface area contributed by atoms with Crippen LogP contribution in [-0.2, 0) is 0 Å². The Bertz CT molecular complexity index is 422. The molecule has 0 fully saturated rings. The van der Waals surface area contributed by atoms with Crippen LogP contribution < -0.4 is 5.32 Å². The zero-order valence-corrected chi connectivity index (χ0v) is 12.7. The summed E-state index contributed by atoms with van der Waals surface area (Å²) in [4.78, 5) is 0. The molecule has 1 N–H and O–H groups in total. The van der Waals surface area contributed by atoms with Crippen LogP contribution in [0.5, 0.6) is 0 Å². The van der Waals surface area contributed by atoms with Crippen LogP contribution in [0.2, 0.25) is 0 Å². The van der Waals surface area contributed by atoms with Gasteiger partial charge in [0.2, 0.25) is 0 Å². The minimum atomic E-state index is 0.213. The highest BCUT2D eigenvalue weighted by Crippen LogP contribution is 2.16. The molecule has 0 amide bonds. The van der Waals surface area contributed by atoms with E-state index in [0.29, 0.717) is 0 Å². The number of nitrogens with one attached hydrogen (secondary N) is 1. The molecule has 0 heterocycles. The first kappa shape index (κ1) is 15.0. The molecule has 0 bridgehead atoms. The van der Waals surface area contributed by atoms with Crippen LogP contribution in [0.1, 0.15) is 49.4 Å². The van der Waals surface area contributed by atoms with E-state index < -0.39 is 0 Å². The van der Waals surface area contributed by atoms with Gasteiger partial charge in [-0.1, -0.05) is 24.3 Å². The molecule has 1 nitrogen and oxygen atoms in total. The summed E-state index contributed by atoms with van der Waals surface area (Å²) in [5.41, 5.74) is 5.66. The fourth-order valence-electron chi connectivity index (χ4n) is 1.90. The summed E-state index contributed by atoms with van der Waals surface area (Å²) in [6.07, 6.45) is 5.57. The Balaban J connectivity index is 2.55. The third-order valence-corrected chi connectivity index (χ3v) is 3.15. The van der Waals surface area contributed by atoms with E-state index in [4.69, 9.17) is 0 Å². The Kier molecular flexibility index (Phi) is 5.15. The number of rotatable bonds is 4. The Morgan fingerprint density at radius 3 is 2.22 bits per heavy atom. The van der Waals surface area contributed by atoms with Crippen molar-refractivity contribution in [2.75, 3.05) is 6.54 Å². The van der Waals surface area contributed by atoms with Gasteiger partial charge in [0.1, 0.15) is 0 Å². The van der Waals surface area contributed by atoms with Crippen molar-refractivity contribution in [3.05, 3.63) is 40.5 Å². The number of hydrogen-bond acceptors (Lipinski definition) is 1. The standard InChI is InChI=1S/C17H27N/c1-13-11-15(3)16(12-14(13)2)9-7-8-10-18-17(4,5)6/h7,9,11-12,18H,8,10H2,1-6H3. The van der Waals surface area contributed by atoms with Crippen LogP contribution in [0.25, 0.3) is 6.08 Å². The maximum atomic E-state index is 3.49.